The maximum Gasteiger partial charge on any atom is 0.212 e. The highest BCUT2D eigenvalue weighted by molar-refractivity contribution is 7.89. The molecule has 2 N–H and O–H groups in total. The van der Waals surface area contributed by atoms with Gasteiger partial charge in [0.25, 0.3) is 0 Å². The summed E-state index contributed by atoms with van der Waals surface area (Å²) in [6.07, 6.45) is 3.58. The van der Waals surface area contributed by atoms with Gasteiger partial charge in [0.05, 0.1) is 5.75 Å². The van der Waals surface area contributed by atoms with Crippen LogP contribution in [0.1, 0.15) is 53.4 Å². The Morgan fingerprint density at radius 1 is 1.06 bits per heavy atom. The van der Waals surface area contributed by atoms with Gasteiger partial charge >= 0.3 is 0 Å². The molecular formula is C12H28N2O2S. The molecule has 0 unspecified atom stereocenters. The van der Waals surface area contributed by atoms with Crippen LogP contribution in [0, 0.1) is 0 Å². The van der Waals surface area contributed by atoms with Crippen molar-refractivity contribution in [3.8, 4) is 0 Å². The SMILES string of the molecule is CCCNCCCS(=O)(=O)NC(C)(C)CCC. The maximum atomic E-state index is 11.8. The molecule has 0 aliphatic rings. The molecule has 0 aromatic carbocycles. The van der Waals surface area contributed by atoms with Crippen LogP contribution >= 0.6 is 0 Å². The van der Waals surface area contributed by atoms with Gasteiger partial charge in [0.1, 0.15) is 0 Å². The van der Waals surface area contributed by atoms with E-state index in [-0.39, 0.29) is 11.3 Å². The number of hydrogen-bond donors (Lipinski definition) is 2. The van der Waals surface area contributed by atoms with E-state index in [2.05, 4.69) is 23.9 Å². The molecule has 0 bridgehead atoms. The number of nitrogens with one attached hydrogen (secondary N) is 2. The summed E-state index contributed by atoms with van der Waals surface area (Å²) in [6, 6.07) is 0. The lowest BCUT2D eigenvalue weighted by atomic mass is 10.0. The van der Waals surface area contributed by atoms with Crippen molar-refractivity contribution in [1.82, 2.24) is 10.0 Å². The Kier molecular flexibility index (Phi) is 8.00. The zero-order valence-corrected chi connectivity index (χ0v) is 12.5. The summed E-state index contributed by atoms with van der Waals surface area (Å²) in [4.78, 5) is 0. The number of hydrogen-bond acceptors (Lipinski definition) is 3. The van der Waals surface area contributed by atoms with Crippen molar-refractivity contribution in [2.45, 2.75) is 58.9 Å². The van der Waals surface area contributed by atoms with Gasteiger partial charge in [0.15, 0.2) is 0 Å². The molecule has 0 saturated carbocycles. The normalized spacial score (nSPS) is 12.9. The van der Waals surface area contributed by atoms with Crippen LogP contribution in [0.2, 0.25) is 0 Å². The fraction of sp³-hybridized carbons (Fsp3) is 1.00. The molecule has 0 radical (unpaired) electrons. The van der Waals surface area contributed by atoms with Crippen molar-refractivity contribution in [1.29, 1.82) is 0 Å². The smallest absolute Gasteiger partial charge is 0.212 e. The topological polar surface area (TPSA) is 58.2 Å². The molecule has 0 heterocycles. The predicted molar refractivity (Wildman–Crippen MR) is 73.7 cm³/mol. The maximum absolute atomic E-state index is 11.8. The quantitative estimate of drug-likeness (QED) is 0.592. The lowest BCUT2D eigenvalue weighted by Crippen LogP contribution is -2.44. The van der Waals surface area contributed by atoms with Crippen LogP contribution in [0.5, 0.6) is 0 Å². The first-order valence-electron chi connectivity index (χ1n) is 6.55. The summed E-state index contributed by atoms with van der Waals surface area (Å²) in [5.41, 5.74) is -0.329. The zero-order chi connectivity index (χ0) is 13.4. The summed E-state index contributed by atoms with van der Waals surface area (Å²) in [5, 5.41) is 3.20. The van der Waals surface area contributed by atoms with Crippen LogP contribution < -0.4 is 10.0 Å². The molecule has 0 aliphatic heterocycles. The van der Waals surface area contributed by atoms with E-state index in [9.17, 15) is 8.42 Å². The molecule has 0 spiro atoms. The molecule has 0 aliphatic carbocycles. The third kappa shape index (κ3) is 9.56. The Morgan fingerprint density at radius 3 is 2.24 bits per heavy atom. The van der Waals surface area contributed by atoms with E-state index in [1.165, 1.54) is 0 Å². The summed E-state index contributed by atoms with van der Waals surface area (Å²) in [6.45, 7) is 9.74. The molecule has 0 rings (SSSR count). The molecule has 5 heteroatoms. The zero-order valence-electron chi connectivity index (χ0n) is 11.7. The first kappa shape index (κ1) is 16.9. The van der Waals surface area contributed by atoms with Gasteiger partial charge in [-0.1, -0.05) is 20.3 Å². The average Bonchev–Trinajstić information content (AvgIpc) is 2.15. The van der Waals surface area contributed by atoms with Crippen molar-refractivity contribution >= 4 is 10.0 Å². The molecule has 17 heavy (non-hydrogen) atoms. The Hall–Kier alpha value is -0.130. The van der Waals surface area contributed by atoms with Crippen LogP contribution in [0.25, 0.3) is 0 Å². The largest absolute Gasteiger partial charge is 0.317 e. The van der Waals surface area contributed by atoms with Gasteiger partial charge in [0.2, 0.25) is 10.0 Å². The third-order valence-electron chi connectivity index (χ3n) is 2.50. The lowest BCUT2D eigenvalue weighted by Gasteiger charge is -2.25. The van der Waals surface area contributed by atoms with E-state index in [0.29, 0.717) is 6.42 Å². The van der Waals surface area contributed by atoms with E-state index >= 15 is 0 Å². The van der Waals surface area contributed by atoms with Crippen molar-refractivity contribution < 1.29 is 8.42 Å². The first-order valence-corrected chi connectivity index (χ1v) is 8.20. The van der Waals surface area contributed by atoms with Crippen LogP contribution in [0.15, 0.2) is 0 Å². The van der Waals surface area contributed by atoms with Crippen molar-refractivity contribution in [3.63, 3.8) is 0 Å². The van der Waals surface area contributed by atoms with Crippen molar-refractivity contribution in [2.75, 3.05) is 18.8 Å². The van der Waals surface area contributed by atoms with E-state index in [0.717, 1.165) is 32.4 Å². The number of rotatable bonds is 10. The summed E-state index contributed by atoms with van der Waals surface area (Å²) in [7, 11) is -3.14. The average molecular weight is 264 g/mol. The molecule has 0 atom stereocenters. The molecule has 0 aromatic rings. The van der Waals surface area contributed by atoms with Crippen LogP contribution in [-0.4, -0.2) is 32.8 Å². The molecule has 104 valence electrons. The van der Waals surface area contributed by atoms with Gasteiger partial charge in [-0.15, -0.1) is 0 Å². The second kappa shape index (κ2) is 8.06. The Bertz CT molecular complexity index is 287. The third-order valence-corrected chi connectivity index (χ3v) is 4.19. The summed E-state index contributed by atoms with van der Waals surface area (Å²) < 4.78 is 26.4. The van der Waals surface area contributed by atoms with Gasteiger partial charge in [0, 0.05) is 5.54 Å². The minimum absolute atomic E-state index is 0.205. The number of sulfonamides is 1. The van der Waals surface area contributed by atoms with Crippen molar-refractivity contribution in [3.05, 3.63) is 0 Å². The highest BCUT2D eigenvalue weighted by Gasteiger charge is 2.23. The predicted octanol–water partition coefficient (Wildman–Crippen LogP) is 1.87. The summed E-state index contributed by atoms with van der Waals surface area (Å²) >= 11 is 0. The van der Waals surface area contributed by atoms with E-state index < -0.39 is 10.0 Å². The standard InChI is InChI=1S/C12H28N2O2S/c1-5-8-12(3,4)14-17(15,16)11-7-10-13-9-6-2/h13-14H,5-11H2,1-4H3. The van der Waals surface area contributed by atoms with Crippen molar-refractivity contribution in [2.24, 2.45) is 0 Å². The van der Waals surface area contributed by atoms with Gasteiger partial charge < -0.3 is 5.32 Å². The minimum atomic E-state index is -3.14. The fourth-order valence-corrected chi connectivity index (χ4v) is 3.41. The van der Waals surface area contributed by atoms with E-state index in [1.807, 2.05) is 13.8 Å². The molecule has 4 nitrogen and oxygen atoms in total. The molecule has 0 fully saturated rings. The van der Waals surface area contributed by atoms with Crippen LogP contribution in [0.4, 0.5) is 0 Å². The van der Waals surface area contributed by atoms with E-state index in [1.54, 1.807) is 0 Å². The Morgan fingerprint density at radius 2 is 1.71 bits per heavy atom. The molecule has 0 saturated heterocycles. The minimum Gasteiger partial charge on any atom is -0.317 e. The summed E-state index contributed by atoms with van der Waals surface area (Å²) in [5.74, 6) is 0.205. The monoisotopic (exact) mass is 264 g/mol. The molecule has 0 amide bonds. The van der Waals surface area contributed by atoms with Gasteiger partial charge in [-0.05, 0) is 46.2 Å². The van der Waals surface area contributed by atoms with Gasteiger partial charge in [-0.3, -0.25) is 0 Å². The fourth-order valence-electron chi connectivity index (χ4n) is 1.84. The Balaban J connectivity index is 3.95. The van der Waals surface area contributed by atoms with E-state index in [4.69, 9.17) is 0 Å². The second-order valence-corrected chi connectivity index (χ2v) is 7.00. The highest BCUT2D eigenvalue weighted by atomic mass is 32.2. The van der Waals surface area contributed by atoms with Gasteiger partial charge in [-0.25, -0.2) is 13.1 Å². The second-order valence-electron chi connectivity index (χ2n) is 5.16. The first-order chi connectivity index (χ1) is 7.83. The molecular weight excluding hydrogens is 236 g/mol. The Labute approximate surface area is 107 Å². The van der Waals surface area contributed by atoms with Crippen LogP contribution in [0.3, 0.4) is 0 Å². The lowest BCUT2D eigenvalue weighted by molar-refractivity contribution is 0.417. The molecule has 0 aromatic heterocycles. The van der Waals surface area contributed by atoms with Gasteiger partial charge in [-0.2, -0.15) is 0 Å². The highest BCUT2D eigenvalue weighted by Crippen LogP contribution is 2.12. The van der Waals surface area contributed by atoms with Crippen LogP contribution in [-0.2, 0) is 10.0 Å².